The number of hydrogen-bond donors (Lipinski definition) is 4. The zero-order valence-electron chi connectivity index (χ0n) is 31.7. The maximum Gasteiger partial charge on any atom is 0.224 e. The highest BCUT2D eigenvalue weighted by Crippen LogP contribution is 2.31. The maximum atomic E-state index is 12.8. The number of amides is 2. The minimum Gasteiger partial charge on any atom is -0.493 e. The molecule has 0 saturated carbocycles. The number of nitrogens with one attached hydrogen (secondary N) is 2. The van der Waals surface area contributed by atoms with Crippen LogP contribution in [0, 0.1) is 13.8 Å². The van der Waals surface area contributed by atoms with Crippen LogP contribution in [0.15, 0.2) is 91.3 Å². The first-order valence-electron chi connectivity index (χ1n) is 18.9. The fourth-order valence-corrected chi connectivity index (χ4v) is 7.19. The molecular formula is C44H44N8O4. The Morgan fingerprint density at radius 3 is 2.02 bits per heavy atom. The quantitative estimate of drug-likeness (QED) is 0.0956. The van der Waals surface area contributed by atoms with Crippen LogP contribution in [0.1, 0.15) is 82.9 Å². The van der Waals surface area contributed by atoms with Gasteiger partial charge in [0.15, 0.2) is 11.6 Å². The van der Waals surface area contributed by atoms with E-state index in [0.29, 0.717) is 64.1 Å². The number of pyridine rings is 2. The first kappa shape index (κ1) is 37.7. The van der Waals surface area contributed by atoms with E-state index in [1.807, 2.05) is 61.5 Å². The summed E-state index contributed by atoms with van der Waals surface area (Å²) in [6, 6.07) is 25.2. The van der Waals surface area contributed by atoms with Crippen molar-refractivity contribution in [3.05, 3.63) is 136 Å². The molecule has 6 aromatic rings. The van der Waals surface area contributed by atoms with Crippen LogP contribution in [0.3, 0.4) is 0 Å². The van der Waals surface area contributed by atoms with Crippen LogP contribution < -0.4 is 10.6 Å². The molecule has 1 aliphatic rings. The maximum absolute atomic E-state index is 12.8. The molecular weight excluding hydrogens is 705 g/mol. The second-order valence-corrected chi connectivity index (χ2v) is 14.3. The number of carbonyl (C=O) groups excluding carboxylic acids is 2. The fraction of sp³-hybridized carbons (Fsp3) is 0.273. The molecule has 0 spiro atoms. The van der Waals surface area contributed by atoms with E-state index in [1.165, 1.54) is 11.1 Å². The average molecular weight is 749 g/mol. The van der Waals surface area contributed by atoms with Crippen LogP contribution >= 0.6 is 0 Å². The molecule has 0 fully saturated rings. The SMILES string of the molecule is Cc1nc(-c2ccccn2)nc(O)c1CCC(=O)Nc1ccc(C(C)Cc2ccc(-c3nc(C)c(CCC(=O)NC4CCc5ccccc54)c(O)n3)nc2)cc1. The molecule has 4 heterocycles. The molecule has 7 rings (SSSR count). The standard InChI is InChI=1S/C44H44N8O4/c1-26(30-12-15-32(16-13-30)49-39(53)21-17-33-27(2)47-41(51-43(33)55)37-10-6-7-23-45-37)24-29-11-19-38(46-25-29)42-48-28(3)34(44(56)52-42)18-22-40(54)50-36-20-14-31-8-4-5-9-35(31)36/h4-13,15-16,19,23,25-26,36H,14,17-18,20-22,24H2,1-3H3,(H,49,53)(H,50,54)(H,47,51,55)(H,48,52,56). The Kier molecular flexibility index (Phi) is 11.4. The highest BCUT2D eigenvalue weighted by atomic mass is 16.3. The molecule has 0 saturated heterocycles. The molecule has 4 N–H and O–H groups in total. The Balaban J connectivity index is 0.888. The van der Waals surface area contributed by atoms with Gasteiger partial charge in [-0.2, -0.15) is 9.97 Å². The van der Waals surface area contributed by atoms with Gasteiger partial charge in [-0.3, -0.25) is 19.6 Å². The number of anilines is 1. The van der Waals surface area contributed by atoms with Gasteiger partial charge in [-0.25, -0.2) is 9.97 Å². The zero-order valence-corrected chi connectivity index (χ0v) is 31.7. The molecule has 0 bridgehead atoms. The third kappa shape index (κ3) is 8.86. The monoisotopic (exact) mass is 748 g/mol. The highest BCUT2D eigenvalue weighted by molar-refractivity contribution is 5.90. The molecule has 2 amide bonds. The van der Waals surface area contributed by atoms with Crippen LogP contribution in [0.5, 0.6) is 11.8 Å². The Morgan fingerprint density at radius 2 is 1.39 bits per heavy atom. The van der Waals surface area contributed by atoms with E-state index in [1.54, 1.807) is 31.5 Å². The molecule has 12 nitrogen and oxygen atoms in total. The molecule has 4 aromatic heterocycles. The predicted octanol–water partition coefficient (Wildman–Crippen LogP) is 7.07. The van der Waals surface area contributed by atoms with E-state index in [2.05, 4.69) is 59.6 Å². The molecule has 2 unspecified atom stereocenters. The summed E-state index contributed by atoms with van der Waals surface area (Å²) in [6.45, 7) is 5.73. The van der Waals surface area contributed by atoms with Crippen molar-refractivity contribution in [1.29, 1.82) is 0 Å². The van der Waals surface area contributed by atoms with Gasteiger partial charge < -0.3 is 20.8 Å². The van der Waals surface area contributed by atoms with Crippen molar-refractivity contribution in [2.24, 2.45) is 0 Å². The summed E-state index contributed by atoms with van der Waals surface area (Å²) in [5, 5.41) is 27.4. The number of hydrogen-bond acceptors (Lipinski definition) is 10. The van der Waals surface area contributed by atoms with Crippen molar-refractivity contribution in [2.75, 3.05) is 5.32 Å². The van der Waals surface area contributed by atoms with Crippen molar-refractivity contribution >= 4 is 17.5 Å². The van der Waals surface area contributed by atoms with Crippen LogP contribution in [0.25, 0.3) is 23.0 Å². The van der Waals surface area contributed by atoms with Gasteiger partial charge in [0.05, 0.1) is 6.04 Å². The second kappa shape index (κ2) is 16.8. The van der Waals surface area contributed by atoms with Gasteiger partial charge in [0.2, 0.25) is 23.6 Å². The van der Waals surface area contributed by atoms with Crippen LogP contribution in [-0.2, 0) is 35.3 Å². The van der Waals surface area contributed by atoms with E-state index >= 15 is 0 Å². The third-order valence-electron chi connectivity index (χ3n) is 10.3. The van der Waals surface area contributed by atoms with Gasteiger partial charge in [-0.1, -0.05) is 55.5 Å². The zero-order chi connectivity index (χ0) is 39.2. The first-order valence-corrected chi connectivity index (χ1v) is 18.9. The lowest BCUT2D eigenvalue weighted by atomic mass is 9.94. The fourth-order valence-electron chi connectivity index (χ4n) is 7.19. The van der Waals surface area contributed by atoms with Crippen LogP contribution in [-0.4, -0.2) is 51.9 Å². The molecule has 0 radical (unpaired) electrons. The number of benzene rings is 2. The number of rotatable bonds is 13. The summed E-state index contributed by atoms with van der Waals surface area (Å²) in [5.74, 6) is 0.309. The van der Waals surface area contributed by atoms with E-state index in [9.17, 15) is 19.8 Å². The lowest BCUT2D eigenvalue weighted by molar-refractivity contribution is -0.121. The van der Waals surface area contributed by atoms with Gasteiger partial charge in [-0.15, -0.1) is 0 Å². The minimum atomic E-state index is -0.180. The summed E-state index contributed by atoms with van der Waals surface area (Å²) in [4.78, 5) is 52.0. The summed E-state index contributed by atoms with van der Waals surface area (Å²) in [6.07, 6.45) is 7.04. The first-order chi connectivity index (χ1) is 27.1. The largest absolute Gasteiger partial charge is 0.493 e. The molecule has 2 atom stereocenters. The lowest BCUT2D eigenvalue weighted by Crippen LogP contribution is -2.27. The number of aryl methyl sites for hydroxylation is 3. The Morgan fingerprint density at radius 1 is 0.750 bits per heavy atom. The van der Waals surface area contributed by atoms with Gasteiger partial charge in [0.25, 0.3) is 0 Å². The number of nitrogens with zero attached hydrogens (tertiary/aromatic N) is 6. The smallest absolute Gasteiger partial charge is 0.224 e. The summed E-state index contributed by atoms with van der Waals surface area (Å²) in [5.41, 5.74) is 8.70. The topological polar surface area (TPSA) is 176 Å². The van der Waals surface area contributed by atoms with Crippen LogP contribution in [0.4, 0.5) is 5.69 Å². The Labute approximate surface area is 325 Å². The predicted molar refractivity (Wildman–Crippen MR) is 213 cm³/mol. The van der Waals surface area contributed by atoms with E-state index in [0.717, 1.165) is 30.4 Å². The van der Waals surface area contributed by atoms with E-state index in [4.69, 9.17) is 0 Å². The van der Waals surface area contributed by atoms with Gasteiger partial charge in [0, 0.05) is 53.4 Å². The van der Waals surface area contributed by atoms with Gasteiger partial charge in [-0.05, 0) is 104 Å². The van der Waals surface area contributed by atoms with Crippen molar-refractivity contribution in [2.45, 2.75) is 77.7 Å². The van der Waals surface area contributed by atoms with Crippen LogP contribution in [0.2, 0.25) is 0 Å². The Bertz CT molecular complexity index is 2310. The normalized spacial score (nSPS) is 13.9. The van der Waals surface area contributed by atoms with Crippen molar-refractivity contribution in [3.63, 3.8) is 0 Å². The van der Waals surface area contributed by atoms with Crippen molar-refractivity contribution in [3.8, 4) is 34.8 Å². The van der Waals surface area contributed by atoms with E-state index in [-0.39, 0.29) is 48.4 Å². The third-order valence-corrected chi connectivity index (χ3v) is 10.3. The molecule has 2 aromatic carbocycles. The Hall–Kier alpha value is -6.56. The molecule has 0 aliphatic heterocycles. The van der Waals surface area contributed by atoms with Gasteiger partial charge >= 0.3 is 0 Å². The summed E-state index contributed by atoms with van der Waals surface area (Å²) < 4.78 is 0. The van der Waals surface area contributed by atoms with Crippen molar-refractivity contribution in [1.82, 2.24) is 35.2 Å². The average Bonchev–Trinajstić information content (AvgIpc) is 3.60. The molecule has 56 heavy (non-hydrogen) atoms. The van der Waals surface area contributed by atoms with E-state index < -0.39 is 0 Å². The summed E-state index contributed by atoms with van der Waals surface area (Å²) >= 11 is 0. The molecule has 284 valence electrons. The number of carbonyl (C=O) groups is 2. The lowest BCUT2D eigenvalue weighted by Gasteiger charge is -2.15. The minimum absolute atomic E-state index is 0.0218. The molecule has 12 heteroatoms. The number of fused-ring (bicyclic) bond motifs is 1. The summed E-state index contributed by atoms with van der Waals surface area (Å²) in [7, 11) is 0. The number of aromatic nitrogens is 6. The highest BCUT2D eigenvalue weighted by Gasteiger charge is 2.24. The molecule has 1 aliphatic carbocycles. The van der Waals surface area contributed by atoms with Gasteiger partial charge in [0.1, 0.15) is 11.4 Å². The van der Waals surface area contributed by atoms with Crippen molar-refractivity contribution < 1.29 is 19.8 Å². The second-order valence-electron chi connectivity index (χ2n) is 14.3. The number of aromatic hydroxyl groups is 2.